The molecule has 1 aromatic rings. The molecule has 0 saturated carbocycles. The van der Waals surface area contributed by atoms with E-state index in [1.165, 1.54) is 6.20 Å². The average molecular weight is 244 g/mol. The molecular weight excluding hydrogens is 226 g/mol. The molecule has 1 aromatic heterocycles. The summed E-state index contributed by atoms with van der Waals surface area (Å²) >= 11 is 5.97. The Morgan fingerprint density at radius 2 is 2.00 bits per heavy atom. The van der Waals surface area contributed by atoms with Crippen molar-refractivity contribution in [2.75, 3.05) is 0 Å². The summed E-state index contributed by atoms with van der Waals surface area (Å²) in [6, 6.07) is -0.447. The van der Waals surface area contributed by atoms with Crippen molar-refractivity contribution in [2.45, 2.75) is 39.8 Å². The second kappa shape index (κ2) is 4.97. The highest BCUT2D eigenvalue weighted by atomic mass is 35.5. The van der Waals surface area contributed by atoms with Gasteiger partial charge in [-0.15, -0.1) is 0 Å². The molecule has 16 heavy (non-hydrogen) atoms. The quantitative estimate of drug-likeness (QED) is 0.826. The summed E-state index contributed by atoms with van der Waals surface area (Å²) in [6.45, 7) is 7.71. The maximum absolute atomic E-state index is 12.1. The van der Waals surface area contributed by atoms with Gasteiger partial charge in [-0.25, -0.2) is 0 Å². The van der Waals surface area contributed by atoms with Gasteiger partial charge in [0, 0.05) is 6.04 Å². The van der Waals surface area contributed by atoms with Gasteiger partial charge in [0.25, 0.3) is 0 Å². The van der Waals surface area contributed by atoms with E-state index in [0.717, 1.165) is 0 Å². The van der Waals surface area contributed by atoms with Crippen LogP contribution in [0.25, 0.3) is 0 Å². The van der Waals surface area contributed by atoms with Crippen LogP contribution in [0.15, 0.2) is 6.20 Å². The third-order valence-corrected chi connectivity index (χ3v) is 2.77. The number of carbonyl (C=O) groups is 1. The lowest BCUT2D eigenvalue weighted by molar-refractivity contribution is 0.0928. The maximum atomic E-state index is 12.1. The Bertz CT molecular complexity index is 385. The number of hydrogen-bond acceptors (Lipinski definition) is 3. The number of hydrogen-bond donors (Lipinski definition) is 1. The Hall–Kier alpha value is -0.870. The van der Waals surface area contributed by atoms with Crippen LogP contribution >= 0.6 is 11.6 Å². The fraction of sp³-hybridized carbons (Fsp3) is 0.636. The molecule has 1 unspecified atom stereocenters. The van der Waals surface area contributed by atoms with Crippen molar-refractivity contribution in [2.24, 2.45) is 11.7 Å². The predicted molar refractivity (Wildman–Crippen MR) is 64.8 cm³/mol. The van der Waals surface area contributed by atoms with E-state index in [1.54, 1.807) is 4.68 Å². The highest BCUT2D eigenvalue weighted by Gasteiger charge is 2.26. The van der Waals surface area contributed by atoms with Crippen LogP contribution in [-0.2, 0) is 0 Å². The second-order valence-corrected chi connectivity index (χ2v) is 4.92. The first kappa shape index (κ1) is 13.2. The molecule has 1 rings (SSSR count). The lowest BCUT2D eigenvalue weighted by Gasteiger charge is -2.17. The minimum atomic E-state index is -0.535. The van der Waals surface area contributed by atoms with Crippen LogP contribution in [0.4, 0.5) is 0 Å². The topological polar surface area (TPSA) is 60.9 Å². The summed E-state index contributed by atoms with van der Waals surface area (Å²) in [5, 5.41) is 4.46. The van der Waals surface area contributed by atoms with E-state index in [0.29, 0.717) is 10.7 Å². The van der Waals surface area contributed by atoms with Gasteiger partial charge in [0.05, 0.1) is 17.3 Å². The van der Waals surface area contributed by atoms with Crippen molar-refractivity contribution in [3.63, 3.8) is 0 Å². The zero-order valence-electron chi connectivity index (χ0n) is 10.1. The van der Waals surface area contributed by atoms with E-state index < -0.39 is 6.04 Å². The summed E-state index contributed by atoms with van der Waals surface area (Å²) < 4.78 is 1.62. The van der Waals surface area contributed by atoms with Crippen molar-refractivity contribution in [1.29, 1.82) is 0 Å². The predicted octanol–water partition coefficient (Wildman–Crippen LogP) is 2.28. The number of rotatable bonds is 4. The lowest BCUT2D eigenvalue weighted by Crippen LogP contribution is -2.37. The normalized spacial score (nSPS) is 13.5. The Labute approximate surface area is 101 Å². The number of carbonyl (C=O) groups excluding carboxylic acids is 1. The van der Waals surface area contributed by atoms with E-state index in [2.05, 4.69) is 5.10 Å². The van der Waals surface area contributed by atoms with Crippen LogP contribution in [0, 0.1) is 5.92 Å². The summed E-state index contributed by atoms with van der Waals surface area (Å²) in [7, 11) is 0. The summed E-state index contributed by atoms with van der Waals surface area (Å²) in [5.74, 6) is -0.0646. The SMILES string of the molecule is CC(C)C(N)C(=O)c1c(Cl)cnn1C(C)C. The largest absolute Gasteiger partial charge is 0.321 e. The molecular formula is C11H18ClN3O. The van der Waals surface area contributed by atoms with Gasteiger partial charge in [-0.1, -0.05) is 25.4 Å². The first-order chi connectivity index (χ1) is 7.36. The van der Waals surface area contributed by atoms with Gasteiger partial charge in [-0.05, 0) is 19.8 Å². The number of aromatic nitrogens is 2. The van der Waals surface area contributed by atoms with Crippen LogP contribution in [0.2, 0.25) is 5.02 Å². The highest BCUT2D eigenvalue weighted by Crippen LogP contribution is 2.21. The van der Waals surface area contributed by atoms with Gasteiger partial charge >= 0.3 is 0 Å². The molecule has 90 valence electrons. The molecule has 0 aliphatic rings. The molecule has 0 fully saturated rings. The molecule has 2 N–H and O–H groups in total. The Morgan fingerprint density at radius 1 is 1.44 bits per heavy atom. The summed E-state index contributed by atoms with van der Waals surface area (Å²) in [5.41, 5.74) is 6.25. The molecule has 4 nitrogen and oxygen atoms in total. The van der Waals surface area contributed by atoms with Gasteiger partial charge in [-0.2, -0.15) is 5.10 Å². The van der Waals surface area contributed by atoms with E-state index >= 15 is 0 Å². The van der Waals surface area contributed by atoms with E-state index in [1.807, 2.05) is 27.7 Å². The number of halogens is 1. The van der Waals surface area contributed by atoms with Crippen LogP contribution in [0.5, 0.6) is 0 Å². The minimum absolute atomic E-state index is 0.0825. The lowest BCUT2D eigenvalue weighted by atomic mass is 9.99. The molecule has 0 bridgehead atoms. The molecule has 0 amide bonds. The van der Waals surface area contributed by atoms with Crippen molar-refractivity contribution in [3.8, 4) is 0 Å². The fourth-order valence-corrected chi connectivity index (χ4v) is 1.65. The zero-order valence-corrected chi connectivity index (χ0v) is 10.8. The zero-order chi connectivity index (χ0) is 12.5. The fourth-order valence-electron chi connectivity index (χ4n) is 1.42. The Morgan fingerprint density at radius 3 is 2.44 bits per heavy atom. The van der Waals surface area contributed by atoms with Crippen molar-refractivity contribution >= 4 is 17.4 Å². The summed E-state index contributed by atoms with van der Waals surface area (Å²) in [4.78, 5) is 12.1. The maximum Gasteiger partial charge on any atom is 0.199 e. The smallest absolute Gasteiger partial charge is 0.199 e. The number of Topliss-reactive ketones (excluding diaryl/α,β-unsaturated/α-hetero) is 1. The third-order valence-electron chi connectivity index (χ3n) is 2.49. The number of nitrogens with zero attached hydrogens (tertiary/aromatic N) is 2. The number of ketones is 1. The van der Waals surface area contributed by atoms with Crippen molar-refractivity contribution in [1.82, 2.24) is 9.78 Å². The highest BCUT2D eigenvalue weighted by molar-refractivity contribution is 6.33. The van der Waals surface area contributed by atoms with Crippen LogP contribution < -0.4 is 5.73 Å². The van der Waals surface area contributed by atoms with Crippen LogP contribution in [0.1, 0.15) is 44.2 Å². The molecule has 0 aliphatic heterocycles. The van der Waals surface area contributed by atoms with Gasteiger partial charge in [0.15, 0.2) is 5.78 Å². The van der Waals surface area contributed by atoms with Gasteiger partial charge < -0.3 is 5.73 Å². The monoisotopic (exact) mass is 243 g/mol. The van der Waals surface area contributed by atoms with Crippen molar-refractivity contribution < 1.29 is 4.79 Å². The summed E-state index contributed by atoms with van der Waals surface area (Å²) in [6.07, 6.45) is 1.49. The molecule has 0 radical (unpaired) electrons. The number of nitrogens with two attached hydrogens (primary N) is 1. The van der Waals surface area contributed by atoms with Crippen LogP contribution in [0.3, 0.4) is 0 Å². The molecule has 1 atom stereocenters. The molecule has 5 heteroatoms. The standard InChI is InChI=1S/C11H18ClN3O/c1-6(2)9(13)11(16)10-8(12)5-14-15(10)7(3)4/h5-7,9H,13H2,1-4H3. The molecule has 1 heterocycles. The average Bonchev–Trinajstić information content (AvgIpc) is 2.57. The van der Waals surface area contributed by atoms with E-state index in [4.69, 9.17) is 17.3 Å². The Balaban J connectivity index is 3.12. The first-order valence-electron chi connectivity index (χ1n) is 5.39. The minimum Gasteiger partial charge on any atom is -0.321 e. The van der Waals surface area contributed by atoms with E-state index in [-0.39, 0.29) is 17.7 Å². The second-order valence-electron chi connectivity index (χ2n) is 4.51. The molecule has 0 aromatic carbocycles. The third kappa shape index (κ3) is 2.44. The van der Waals surface area contributed by atoms with Gasteiger partial charge in [0.2, 0.25) is 0 Å². The van der Waals surface area contributed by atoms with Gasteiger partial charge in [0.1, 0.15) is 5.69 Å². The van der Waals surface area contributed by atoms with E-state index in [9.17, 15) is 4.79 Å². The van der Waals surface area contributed by atoms with Gasteiger partial charge in [-0.3, -0.25) is 9.48 Å². The van der Waals surface area contributed by atoms with Crippen LogP contribution in [-0.4, -0.2) is 21.6 Å². The Kier molecular flexibility index (Phi) is 4.10. The first-order valence-corrected chi connectivity index (χ1v) is 5.76. The molecule has 0 aliphatic carbocycles. The van der Waals surface area contributed by atoms with Crippen molar-refractivity contribution in [3.05, 3.63) is 16.9 Å². The molecule has 0 saturated heterocycles. The molecule has 0 spiro atoms.